The van der Waals surface area contributed by atoms with Crippen LogP contribution in [0.4, 0.5) is 0 Å². The molecule has 0 N–H and O–H groups in total. The van der Waals surface area contributed by atoms with Crippen LogP contribution < -0.4 is 0 Å². The van der Waals surface area contributed by atoms with Gasteiger partial charge in [-0.3, -0.25) is 0 Å². The molecule has 23 heavy (non-hydrogen) atoms. The molecular weight excluding hydrogens is 389 g/mol. The number of hydrogen-bond donors (Lipinski definition) is 0. The summed E-state index contributed by atoms with van der Waals surface area (Å²) in [4.78, 5) is 0. The second kappa shape index (κ2) is 7.80. The van der Waals surface area contributed by atoms with Gasteiger partial charge in [-0.25, -0.2) is 0 Å². The van der Waals surface area contributed by atoms with E-state index >= 15 is 0 Å². The van der Waals surface area contributed by atoms with Crippen molar-refractivity contribution in [3.8, 4) is 0 Å². The van der Waals surface area contributed by atoms with Crippen LogP contribution in [0.3, 0.4) is 0 Å². The van der Waals surface area contributed by atoms with Crippen molar-refractivity contribution in [1.29, 1.82) is 0 Å². The van der Waals surface area contributed by atoms with Gasteiger partial charge in [0.05, 0.1) is 0 Å². The maximum absolute atomic E-state index is 6.75. The SMILES string of the molecule is C[SiH](O[Si](C)(C)C)[Si](O[Si](C)(C)C)(O[Si](C)(C)C)O[Si](C)(C)C. The van der Waals surface area contributed by atoms with Crippen molar-refractivity contribution in [3.05, 3.63) is 0 Å². The third-order valence-corrected chi connectivity index (χ3v) is 25.6. The van der Waals surface area contributed by atoms with Gasteiger partial charge in [-0.15, -0.1) is 0 Å². The van der Waals surface area contributed by atoms with E-state index in [2.05, 4.69) is 85.1 Å². The molecule has 0 heterocycles. The van der Waals surface area contributed by atoms with Gasteiger partial charge in [0.2, 0.25) is 8.56 Å². The summed E-state index contributed by atoms with van der Waals surface area (Å²) in [5.41, 5.74) is 0. The topological polar surface area (TPSA) is 36.9 Å². The molecule has 4 nitrogen and oxygen atoms in total. The molecule has 0 radical (unpaired) electrons. The summed E-state index contributed by atoms with van der Waals surface area (Å²) in [5, 5.41) is 0. The van der Waals surface area contributed by atoms with Crippen molar-refractivity contribution in [2.24, 2.45) is 0 Å². The Morgan fingerprint density at radius 1 is 0.478 bits per heavy atom. The van der Waals surface area contributed by atoms with Gasteiger partial charge in [-0.2, -0.15) is 0 Å². The first-order valence-electron chi connectivity index (χ1n) is 8.53. The van der Waals surface area contributed by atoms with Crippen LogP contribution in [0.2, 0.25) is 85.1 Å². The van der Waals surface area contributed by atoms with Crippen LogP contribution >= 0.6 is 0 Å². The van der Waals surface area contributed by atoms with E-state index in [1.54, 1.807) is 0 Å². The molecule has 0 bridgehead atoms. The molecular formula is C13H40O4Si6. The lowest BCUT2D eigenvalue weighted by atomic mass is 11.8. The zero-order valence-corrected chi connectivity index (χ0v) is 23.9. The zero-order valence-electron chi connectivity index (χ0n) is 17.7. The predicted octanol–water partition coefficient (Wildman–Crippen LogP) is 4.76. The summed E-state index contributed by atoms with van der Waals surface area (Å²) in [6.45, 7) is 29.0. The van der Waals surface area contributed by atoms with Crippen LogP contribution in [-0.2, 0) is 16.5 Å². The van der Waals surface area contributed by atoms with Crippen LogP contribution in [0.15, 0.2) is 0 Å². The molecule has 0 aliphatic rings. The first-order chi connectivity index (χ1) is 9.75. The molecule has 0 aromatic carbocycles. The highest BCUT2D eigenvalue weighted by molar-refractivity contribution is 7.27. The molecule has 1 unspecified atom stereocenters. The Morgan fingerprint density at radius 2 is 0.739 bits per heavy atom. The molecule has 0 aliphatic carbocycles. The van der Waals surface area contributed by atoms with Crippen molar-refractivity contribution in [3.63, 3.8) is 0 Å². The Labute approximate surface area is 151 Å². The van der Waals surface area contributed by atoms with Gasteiger partial charge in [0.1, 0.15) is 0 Å². The van der Waals surface area contributed by atoms with E-state index in [-0.39, 0.29) is 0 Å². The van der Waals surface area contributed by atoms with Crippen molar-refractivity contribution in [2.75, 3.05) is 0 Å². The van der Waals surface area contributed by atoms with Gasteiger partial charge in [0.15, 0.2) is 33.3 Å². The highest BCUT2D eigenvalue weighted by Gasteiger charge is 2.56. The molecule has 0 spiro atoms. The average molecular weight is 429 g/mol. The van der Waals surface area contributed by atoms with E-state index in [9.17, 15) is 0 Å². The monoisotopic (exact) mass is 428 g/mol. The van der Waals surface area contributed by atoms with Gasteiger partial charge in [-0.05, 0) is 85.1 Å². The van der Waals surface area contributed by atoms with Gasteiger partial charge >= 0.3 is 8.32 Å². The van der Waals surface area contributed by atoms with E-state index in [0.717, 1.165) is 0 Å². The van der Waals surface area contributed by atoms with Crippen LogP contribution in [0, 0.1) is 0 Å². The summed E-state index contributed by atoms with van der Waals surface area (Å²) in [6, 6.07) is 0. The van der Waals surface area contributed by atoms with E-state index in [1.807, 2.05) is 0 Å². The fourth-order valence-corrected chi connectivity index (χ4v) is 39.4. The summed E-state index contributed by atoms with van der Waals surface area (Å²) >= 11 is 0. The molecule has 0 saturated carbocycles. The summed E-state index contributed by atoms with van der Waals surface area (Å²) in [6.07, 6.45) is 0. The molecule has 0 aromatic heterocycles. The first kappa shape index (κ1) is 24.1. The van der Waals surface area contributed by atoms with Crippen LogP contribution in [0.5, 0.6) is 0 Å². The lowest BCUT2D eigenvalue weighted by Crippen LogP contribution is -2.70. The van der Waals surface area contributed by atoms with E-state index < -0.39 is 50.1 Å². The van der Waals surface area contributed by atoms with Crippen molar-refractivity contribution in [1.82, 2.24) is 0 Å². The third kappa shape index (κ3) is 11.4. The molecule has 140 valence electrons. The average Bonchev–Trinajstić information content (AvgIpc) is 2.04. The quantitative estimate of drug-likeness (QED) is 0.496. The predicted molar refractivity (Wildman–Crippen MR) is 116 cm³/mol. The Bertz CT molecular complexity index is 337. The van der Waals surface area contributed by atoms with Crippen molar-refractivity contribution < 1.29 is 16.5 Å². The maximum Gasteiger partial charge on any atom is 0.467 e. The third-order valence-electron chi connectivity index (χ3n) is 2.37. The molecule has 1 atom stereocenters. The molecule has 0 saturated heterocycles. The van der Waals surface area contributed by atoms with Crippen LogP contribution in [-0.4, -0.2) is 50.1 Å². The van der Waals surface area contributed by atoms with Gasteiger partial charge in [0.25, 0.3) is 0 Å². The highest BCUT2D eigenvalue weighted by Crippen LogP contribution is 2.29. The minimum atomic E-state index is -2.78. The van der Waals surface area contributed by atoms with E-state index in [4.69, 9.17) is 16.5 Å². The molecule has 0 amide bonds. The summed E-state index contributed by atoms with van der Waals surface area (Å²) in [5.74, 6) is 0. The van der Waals surface area contributed by atoms with E-state index in [0.29, 0.717) is 0 Å². The Balaban J connectivity index is 5.90. The molecule has 0 fully saturated rings. The van der Waals surface area contributed by atoms with Crippen molar-refractivity contribution in [2.45, 2.75) is 85.1 Å². The second-order valence-electron chi connectivity index (χ2n) is 10.1. The summed E-state index contributed by atoms with van der Waals surface area (Å²) in [7, 11) is -11.6. The molecule has 0 aliphatic heterocycles. The number of hydrogen-bond acceptors (Lipinski definition) is 4. The lowest BCUT2D eigenvalue weighted by Gasteiger charge is -2.46. The molecule has 10 heteroatoms. The fraction of sp³-hybridized carbons (Fsp3) is 1.00. The zero-order chi connectivity index (χ0) is 18.9. The largest absolute Gasteiger partial charge is 0.467 e. The minimum absolute atomic E-state index is 1.65. The lowest BCUT2D eigenvalue weighted by molar-refractivity contribution is 0.273. The normalized spacial score (nSPS) is 16.6. The standard InChI is InChI=1S/C13H40O4Si6/c1-18(14-19(2,3)4)23(15-20(5,6)7,16-21(8,9)10)17-22(11,12)13/h18H,1-13H3. The summed E-state index contributed by atoms with van der Waals surface area (Å²) < 4.78 is 26.8. The maximum atomic E-state index is 6.75. The van der Waals surface area contributed by atoms with Gasteiger partial charge in [-0.1, -0.05) is 0 Å². The highest BCUT2D eigenvalue weighted by atomic mass is 29.3. The Hall–Kier alpha value is 1.14. The Kier molecular flexibility index (Phi) is 8.19. The van der Waals surface area contributed by atoms with Gasteiger partial charge < -0.3 is 16.5 Å². The van der Waals surface area contributed by atoms with E-state index in [1.165, 1.54) is 0 Å². The molecule has 0 aromatic rings. The van der Waals surface area contributed by atoms with Crippen LogP contribution in [0.1, 0.15) is 0 Å². The van der Waals surface area contributed by atoms with Crippen LogP contribution in [0.25, 0.3) is 0 Å². The fourth-order valence-electron chi connectivity index (χ4n) is 2.19. The Morgan fingerprint density at radius 3 is 0.913 bits per heavy atom. The number of rotatable bonds is 9. The van der Waals surface area contributed by atoms with Gasteiger partial charge in [0, 0.05) is 0 Å². The van der Waals surface area contributed by atoms with Crippen molar-refractivity contribution >= 4 is 50.1 Å². The molecule has 0 rings (SSSR count). The minimum Gasteiger partial charge on any atom is -0.455 e. The first-order valence-corrected chi connectivity index (χ1v) is 27.3. The smallest absolute Gasteiger partial charge is 0.455 e. The second-order valence-corrected chi connectivity index (χ2v) is 37.5.